The maximum absolute atomic E-state index is 5.94. The summed E-state index contributed by atoms with van der Waals surface area (Å²) in [6.07, 6.45) is 6.93. The zero-order valence-electron chi connectivity index (χ0n) is 14.9. The van der Waals surface area contributed by atoms with Crippen molar-refractivity contribution >= 4 is 12.4 Å². The maximum Gasteiger partial charge on any atom is 0.214 e. The van der Waals surface area contributed by atoms with Gasteiger partial charge in [0.2, 0.25) is 5.88 Å². The largest absolute Gasteiger partial charge is 0.471 e. The molecule has 0 aliphatic heterocycles. The van der Waals surface area contributed by atoms with E-state index in [0.717, 1.165) is 53.3 Å². The second-order valence-corrected chi connectivity index (χ2v) is 6.36. The molecule has 0 fully saturated rings. The summed E-state index contributed by atoms with van der Waals surface area (Å²) < 4.78 is 5.94. The third kappa shape index (κ3) is 3.83. The topological polar surface area (TPSA) is 60.8 Å². The third-order valence-electron chi connectivity index (χ3n) is 4.43. The van der Waals surface area contributed by atoms with E-state index in [-0.39, 0.29) is 12.4 Å². The van der Waals surface area contributed by atoms with Gasteiger partial charge in [-0.25, -0.2) is 15.0 Å². The first-order valence-electron chi connectivity index (χ1n) is 8.56. The Hall–Kier alpha value is -2.53. The van der Waals surface area contributed by atoms with E-state index < -0.39 is 0 Å². The zero-order valence-corrected chi connectivity index (χ0v) is 15.7. The summed E-state index contributed by atoms with van der Waals surface area (Å²) >= 11 is 0. The van der Waals surface area contributed by atoms with Gasteiger partial charge in [-0.3, -0.25) is 4.98 Å². The summed E-state index contributed by atoms with van der Waals surface area (Å²) in [6.45, 7) is 4.29. The van der Waals surface area contributed by atoms with Crippen LogP contribution in [-0.2, 0) is 19.4 Å². The van der Waals surface area contributed by atoms with E-state index in [1.165, 1.54) is 5.56 Å². The Morgan fingerprint density at radius 1 is 1.04 bits per heavy atom. The maximum atomic E-state index is 5.94. The molecule has 26 heavy (non-hydrogen) atoms. The van der Waals surface area contributed by atoms with E-state index >= 15 is 0 Å². The summed E-state index contributed by atoms with van der Waals surface area (Å²) in [7, 11) is 0. The van der Waals surface area contributed by atoms with Crippen LogP contribution >= 0.6 is 12.4 Å². The molecule has 6 heteroatoms. The van der Waals surface area contributed by atoms with Crippen molar-refractivity contribution in [3.8, 4) is 17.0 Å². The van der Waals surface area contributed by atoms with Gasteiger partial charge in [-0.05, 0) is 56.4 Å². The number of aromatic nitrogens is 4. The smallest absolute Gasteiger partial charge is 0.214 e. The molecular weight excluding hydrogens is 348 g/mol. The molecule has 0 N–H and O–H groups in total. The Morgan fingerprint density at radius 2 is 1.85 bits per heavy atom. The van der Waals surface area contributed by atoms with Crippen LogP contribution in [0.4, 0.5) is 0 Å². The Labute approximate surface area is 159 Å². The lowest BCUT2D eigenvalue weighted by Gasteiger charge is -2.12. The van der Waals surface area contributed by atoms with Crippen LogP contribution in [0.3, 0.4) is 0 Å². The van der Waals surface area contributed by atoms with E-state index in [4.69, 9.17) is 9.72 Å². The molecule has 0 atom stereocenters. The number of pyridine rings is 2. The first kappa shape index (κ1) is 18.3. The van der Waals surface area contributed by atoms with Gasteiger partial charge in [-0.2, -0.15) is 0 Å². The number of fused-ring (bicyclic) bond motifs is 1. The molecule has 0 spiro atoms. The monoisotopic (exact) mass is 368 g/mol. The SMILES string of the molecule is Cc1cccc(COc2cc(-c3cnc(C)nc3)c3c(n2)CCC3)n1.Cl. The predicted octanol–water partition coefficient (Wildman–Crippen LogP) is 4.04. The number of rotatable bonds is 4. The molecular formula is C20H21ClN4O. The van der Waals surface area contributed by atoms with Crippen LogP contribution in [0, 0.1) is 13.8 Å². The molecule has 0 aromatic carbocycles. The molecule has 3 aromatic rings. The van der Waals surface area contributed by atoms with Gasteiger partial charge in [0.1, 0.15) is 12.4 Å². The first-order valence-corrected chi connectivity index (χ1v) is 8.56. The molecule has 0 unspecified atom stereocenters. The number of halogens is 1. The normalized spacial score (nSPS) is 12.4. The van der Waals surface area contributed by atoms with Crippen LogP contribution < -0.4 is 4.74 Å². The third-order valence-corrected chi connectivity index (χ3v) is 4.43. The minimum absolute atomic E-state index is 0. The molecule has 0 saturated carbocycles. The fourth-order valence-electron chi connectivity index (χ4n) is 3.21. The minimum atomic E-state index is 0. The molecule has 0 saturated heterocycles. The Kier molecular flexibility index (Phi) is 5.47. The minimum Gasteiger partial charge on any atom is -0.471 e. The highest BCUT2D eigenvalue weighted by Crippen LogP contribution is 2.33. The Balaban J connectivity index is 0.00000196. The lowest BCUT2D eigenvalue weighted by molar-refractivity contribution is 0.288. The lowest BCUT2D eigenvalue weighted by Crippen LogP contribution is -2.03. The van der Waals surface area contributed by atoms with Crippen molar-refractivity contribution in [3.05, 3.63) is 65.1 Å². The second-order valence-electron chi connectivity index (χ2n) is 6.36. The highest BCUT2D eigenvalue weighted by molar-refractivity contribution is 5.85. The fraction of sp³-hybridized carbons (Fsp3) is 0.300. The van der Waals surface area contributed by atoms with Gasteiger partial charge in [0.15, 0.2) is 0 Å². The van der Waals surface area contributed by atoms with Crippen LogP contribution in [0.1, 0.15) is 34.9 Å². The lowest BCUT2D eigenvalue weighted by atomic mass is 10.0. The predicted molar refractivity (Wildman–Crippen MR) is 103 cm³/mol. The van der Waals surface area contributed by atoms with Gasteiger partial charge < -0.3 is 4.74 Å². The van der Waals surface area contributed by atoms with Gasteiger partial charge in [-0.15, -0.1) is 12.4 Å². The van der Waals surface area contributed by atoms with Crippen molar-refractivity contribution < 1.29 is 4.74 Å². The van der Waals surface area contributed by atoms with E-state index in [9.17, 15) is 0 Å². The fourth-order valence-corrected chi connectivity index (χ4v) is 3.21. The molecule has 5 nitrogen and oxygen atoms in total. The zero-order chi connectivity index (χ0) is 17.2. The van der Waals surface area contributed by atoms with Gasteiger partial charge in [0.25, 0.3) is 0 Å². The molecule has 0 amide bonds. The number of hydrogen-bond acceptors (Lipinski definition) is 5. The van der Waals surface area contributed by atoms with Gasteiger partial charge in [-0.1, -0.05) is 6.07 Å². The summed E-state index contributed by atoms with van der Waals surface area (Å²) in [6, 6.07) is 7.95. The summed E-state index contributed by atoms with van der Waals surface area (Å²) in [4.78, 5) is 17.8. The molecule has 1 aliphatic carbocycles. The van der Waals surface area contributed by atoms with Crippen molar-refractivity contribution in [2.24, 2.45) is 0 Å². The van der Waals surface area contributed by atoms with Crippen LogP contribution in [-0.4, -0.2) is 19.9 Å². The first-order chi connectivity index (χ1) is 12.2. The van der Waals surface area contributed by atoms with Crippen molar-refractivity contribution in [2.45, 2.75) is 39.7 Å². The standard InChI is InChI=1S/C20H20N4O.ClH/c1-13-5-3-6-16(23-13)12-25-20-9-18(15-10-21-14(2)22-11-15)17-7-4-8-19(17)24-20;/h3,5-6,9-11H,4,7-8,12H2,1-2H3;1H. The van der Waals surface area contributed by atoms with Crippen molar-refractivity contribution in [1.29, 1.82) is 0 Å². The molecule has 3 aromatic heterocycles. The second kappa shape index (κ2) is 7.79. The van der Waals surface area contributed by atoms with Crippen LogP contribution in [0.5, 0.6) is 5.88 Å². The number of ether oxygens (including phenoxy) is 1. The molecule has 0 radical (unpaired) electrons. The molecule has 3 heterocycles. The van der Waals surface area contributed by atoms with Crippen molar-refractivity contribution in [1.82, 2.24) is 19.9 Å². The summed E-state index contributed by atoms with van der Waals surface area (Å²) in [5, 5.41) is 0. The van der Waals surface area contributed by atoms with Gasteiger partial charge in [0, 0.05) is 35.4 Å². The molecule has 0 bridgehead atoms. The number of hydrogen-bond donors (Lipinski definition) is 0. The van der Waals surface area contributed by atoms with Crippen molar-refractivity contribution in [3.63, 3.8) is 0 Å². The summed E-state index contributed by atoms with van der Waals surface area (Å²) in [5.74, 6) is 1.41. The average molecular weight is 369 g/mol. The van der Waals surface area contributed by atoms with Crippen LogP contribution in [0.25, 0.3) is 11.1 Å². The average Bonchev–Trinajstić information content (AvgIpc) is 3.09. The summed E-state index contributed by atoms with van der Waals surface area (Å²) in [5.41, 5.74) is 6.47. The van der Waals surface area contributed by atoms with Crippen LogP contribution in [0.15, 0.2) is 36.7 Å². The van der Waals surface area contributed by atoms with E-state index in [1.807, 2.05) is 50.5 Å². The van der Waals surface area contributed by atoms with E-state index in [0.29, 0.717) is 12.5 Å². The van der Waals surface area contributed by atoms with E-state index in [1.54, 1.807) is 0 Å². The van der Waals surface area contributed by atoms with Gasteiger partial charge in [0.05, 0.1) is 5.69 Å². The Morgan fingerprint density at radius 3 is 2.62 bits per heavy atom. The molecule has 134 valence electrons. The van der Waals surface area contributed by atoms with Crippen LogP contribution in [0.2, 0.25) is 0 Å². The number of aryl methyl sites for hydroxylation is 3. The highest BCUT2D eigenvalue weighted by Gasteiger charge is 2.20. The van der Waals surface area contributed by atoms with E-state index in [2.05, 4.69) is 15.0 Å². The van der Waals surface area contributed by atoms with Crippen molar-refractivity contribution in [2.75, 3.05) is 0 Å². The molecule has 4 rings (SSSR count). The quantitative estimate of drug-likeness (QED) is 0.695. The van der Waals surface area contributed by atoms with Gasteiger partial charge >= 0.3 is 0 Å². The Bertz CT molecular complexity index is 912. The molecule has 1 aliphatic rings. The highest BCUT2D eigenvalue weighted by atomic mass is 35.5. The number of nitrogens with zero attached hydrogens (tertiary/aromatic N) is 4.